The first-order valence-electron chi connectivity index (χ1n) is 5.25. The predicted octanol–water partition coefficient (Wildman–Crippen LogP) is 2.49. The average Bonchev–Trinajstić information content (AvgIpc) is 2.59. The van der Waals surface area contributed by atoms with Gasteiger partial charge in [0, 0.05) is 0 Å². The second-order valence-electron chi connectivity index (χ2n) is 3.92. The Bertz CT molecular complexity index is 302. The van der Waals surface area contributed by atoms with E-state index in [1.54, 1.807) is 0 Å². The van der Waals surface area contributed by atoms with Crippen molar-refractivity contribution in [2.24, 2.45) is 0 Å². The maximum atomic E-state index is 9.54. The first kappa shape index (κ1) is 11.1. The fourth-order valence-electron chi connectivity index (χ4n) is 1.85. The Balaban J connectivity index is 1.84. The number of alkyl halides is 1. The lowest BCUT2D eigenvalue weighted by Gasteiger charge is -2.16. The van der Waals surface area contributed by atoms with Gasteiger partial charge in [0.05, 0.1) is 23.6 Å². The van der Waals surface area contributed by atoms with Gasteiger partial charge < -0.3 is 9.84 Å². The number of rotatable bonds is 3. The summed E-state index contributed by atoms with van der Waals surface area (Å²) in [4.78, 5) is 0.0845. The van der Waals surface area contributed by atoms with Crippen LogP contribution in [0.25, 0.3) is 0 Å². The normalized spacial score (nSPS) is 30.7. The van der Waals surface area contributed by atoms with Crippen LogP contribution in [0.4, 0.5) is 0 Å². The fourth-order valence-corrected chi connectivity index (χ4v) is 2.54. The third kappa shape index (κ3) is 2.80. The van der Waals surface area contributed by atoms with Crippen LogP contribution in [0.2, 0.25) is 0 Å². The van der Waals surface area contributed by atoms with E-state index in [1.807, 2.05) is 18.2 Å². The van der Waals surface area contributed by atoms with Gasteiger partial charge in [-0.15, -0.1) is 0 Å². The molecule has 2 rings (SSSR count). The first-order valence-corrected chi connectivity index (χ1v) is 6.16. The minimum Gasteiger partial charge on any atom is -0.392 e. The van der Waals surface area contributed by atoms with Gasteiger partial charge in [0.25, 0.3) is 0 Å². The lowest BCUT2D eigenvalue weighted by molar-refractivity contribution is 0.0418. The minimum absolute atomic E-state index is 0.0845. The number of aliphatic hydroxyl groups excluding tert-OH is 1. The van der Waals surface area contributed by atoms with E-state index in [1.165, 1.54) is 5.56 Å². The van der Waals surface area contributed by atoms with Gasteiger partial charge >= 0.3 is 0 Å². The number of benzene rings is 1. The van der Waals surface area contributed by atoms with Crippen LogP contribution in [0.3, 0.4) is 0 Å². The second-order valence-corrected chi connectivity index (χ2v) is 4.98. The summed E-state index contributed by atoms with van der Waals surface area (Å²) < 4.78 is 5.76. The molecule has 0 bridgehead atoms. The van der Waals surface area contributed by atoms with Crippen LogP contribution >= 0.6 is 15.9 Å². The molecular formula is C12H15BrO2. The summed E-state index contributed by atoms with van der Waals surface area (Å²) in [5.41, 5.74) is 1.18. The minimum atomic E-state index is -0.259. The number of ether oxygens (including phenoxy) is 1. The molecule has 3 atom stereocenters. The van der Waals surface area contributed by atoms with Crippen LogP contribution in [0, 0.1) is 0 Å². The third-order valence-electron chi connectivity index (χ3n) is 2.78. The lowest BCUT2D eigenvalue weighted by Crippen LogP contribution is -2.25. The van der Waals surface area contributed by atoms with Crippen LogP contribution in [0.5, 0.6) is 0 Å². The lowest BCUT2D eigenvalue weighted by atomic mass is 10.2. The van der Waals surface area contributed by atoms with E-state index in [0.29, 0.717) is 6.61 Å². The maximum Gasteiger partial charge on any atom is 0.0730 e. The Morgan fingerprint density at radius 3 is 2.60 bits per heavy atom. The van der Waals surface area contributed by atoms with Crippen molar-refractivity contribution in [3.8, 4) is 0 Å². The van der Waals surface area contributed by atoms with Gasteiger partial charge in [0.1, 0.15) is 0 Å². The molecule has 1 aromatic carbocycles. The topological polar surface area (TPSA) is 29.5 Å². The van der Waals surface area contributed by atoms with Crippen molar-refractivity contribution in [1.29, 1.82) is 0 Å². The summed E-state index contributed by atoms with van der Waals surface area (Å²) in [5, 5.41) is 9.54. The zero-order chi connectivity index (χ0) is 10.7. The Hall–Kier alpha value is -0.380. The molecular weight excluding hydrogens is 256 g/mol. The van der Waals surface area contributed by atoms with Gasteiger partial charge in [-0.05, 0) is 18.4 Å². The number of hydrogen-bond acceptors (Lipinski definition) is 2. The highest BCUT2D eigenvalue weighted by atomic mass is 79.9. The Morgan fingerprint density at radius 2 is 2.00 bits per heavy atom. The average molecular weight is 271 g/mol. The summed E-state index contributed by atoms with van der Waals surface area (Å²) in [6, 6.07) is 10.1. The summed E-state index contributed by atoms with van der Waals surface area (Å²) in [5.74, 6) is 0. The summed E-state index contributed by atoms with van der Waals surface area (Å²) in [6.07, 6.45) is 1.64. The first-order chi connectivity index (χ1) is 7.27. The summed E-state index contributed by atoms with van der Waals surface area (Å²) >= 11 is 3.47. The van der Waals surface area contributed by atoms with Crippen molar-refractivity contribution in [3.63, 3.8) is 0 Å². The van der Waals surface area contributed by atoms with Gasteiger partial charge in [0.15, 0.2) is 0 Å². The van der Waals surface area contributed by atoms with E-state index in [0.717, 1.165) is 12.8 Å². The molecule has 3 heteroatoms. The quantitative estimate of drug-likeness (QED) is 0.856. The van der Waals surface area contributed by atoms with Crippen molar-refractivity contribution in [2.75, 3.05) is 0 Å². The molecule has 82 valence electrons. The second kappa shape index (κ2) is 5.10. The van der Waals surface area contributed by atoms with Crippen molar-refractivity contribution < 1.29 is 9.84 Å². The van der Waals surface area contributed by atoms with Gasteiger partial charge in [0.2, 0.25) is 0 Å². The van der Waals surface area contributed by atoms with Crippen LogP contribution in [-0.4, -0.2) is 22.1 Å². The van der Waals surface area contributed by atoms with E-state index in [9.17, 15) is 5.11 Å². The molecule has 0 unspecified atom stereocenters. The van der Waals surface area contributed by atoms with Gasteiger partial charge in [-0.25, -0.2) is 0 Å². The molecule has 0 aliphatic heterocycles. The Kier molecular flexibility index (Phi) is 3.78. The van der Waals surface area contributed by atoms with E-state index >= 15 is 0 Å². The summed E-state index contributed by atoms with van der Waals surface area (Å²) in [6.45, 7) is 0.625. The number of hydrogen-bond donors (Lipinski definition) is 1. The molecule has 0 saturated heterocycles. The summed E-state index contributed by atoms with van der Waals surface area (Å²) in [7, 11) is 0. The molecule has 1 aliphatic rings. The molecule has 1 saturated carbocycles. The molecule has 1 aromatic rings. The molecule has 2 nitrogen and oxygen atoms in total. The highest BCUT2D eigenvalue weighted by molar-refractivity contribution is 9.09. The molecule has 1 N–H and O–H groups in total. The van der Waals surface area contributed by atoms with Crippen molar-refractivity contribution in [1.82, 2.24) is 0 Å². The van der Waals surface area contributed by atoms with Crippen LogP contribution in [-0.2, 0) is 11.3 Å². The smallest absolute Gasteiger partial charge is 0.0730 e. The monoisotopic (exact) mass is 270 g/mol. The largest absolute Gasteiger partial charge is 0.392 e. The van der Waals surface area contributed by atoms with Crippen LogP contribution in [0.1, 0.15) is 18.4 Å². The number of halogens is 1. The van der Waals surface area contributed by atoms with Crippen molar-refractivity contribution in [2.45, 2.75) is 36.5 Å². The van der Waals surface area contributed by atoms with E-state index in [-0.39, 0.29) is 17.0 Å². The van der Waals surface area contributed by atoms with Gasteiger partial charge in [-0.3, -0.25) is 0 Å². The highest BCUT2D eigenvalue weighted by Crippen LogP contribution is 2.29. The fraction of sp³-hybridized carbons (Fsp3) is 0.500. The molecule has 0 spiro atoms. The van der Waals surface area contributed by atoms with Gasteiger partial charge in [-0.2, -0.15) is 0 Å². The molecule has 1 aliphatic carbocycles. The molecule has 0 amide bonds. The molecule has 0 radical (unpaired) electrons. The maximum absolute atomic E-state index is 9.54. The molecule has 0 heterocycles. The molecule has 15 heavy (non-hydrogen) atoms. The SMILES string of the molecule is O[C@@H]1CC[C@@H](OCc2ccccc2)[C@H]1Br. The van der Waals surface area contributed by atoms with Gasteiger partial charge in [-0.1, -0.05) is 46.3 Å². The standard InChI is InChI=1S/C12H15BrO2/c13-12-10(14)6-7-11(12)15-8-9-4-2-1-3-5-9/h1-5,10-12,14H,6-8H2/t10-,11-,12+/m1/s1. The number of aliphatic hydroxyl groups is 1. The predicted molar refractivity (Wildman–Crippen MR) is 63.0 cm³/mol. The van der Waals surface area contributed by atoms with E-state index in [4.69, 9.17) is 4.74 Å². The zero-order valence-corrected chi connectivity index (χ0v) is 10.1. The van der Waals surface area contributed by atoms with E-state index in [2.05, 4.69) is 28.1 Å². The third-order valence-corrected chi connectivity index (χ3v) is 3.98. The molecule has 1 fully saturated rings. The van der Waals surface area contributed by atoms with Crippen molar-refractivity contribution >= 4 is 15.9 Å². The molecule has 0 aromatic heterocycles. The van der Waals surface area contributed by atoms with Crippen LogP contribution < -0.4 is 0 Å². The van der Waals surface area contributed by atoms with Crippen molar-refractivity contribution in [3.05, 3.63) is 35.9 Å². The van der Waals surface area contributed by atoms with Crippen LogP contribution in [0.15, 0.2) is 30.3 Å². The zero-order valence-electron chi connectivity index (χ0n) is 8.47. The highest BCUT2D eigenvalue weighted by Gasteiger charge is 2.33. The van der Waals surface area contributed by atoms with E-state index < -0.39 is 0 Å². The Morgan fingerprint density at radius 1 is 1.27 bits per heavy atom. The Labute approximate surface area is 98.4 Å².